The van der Waals surface area contributed by atoms with E-state index < -0.39 is 22.7 Å². The van der Waals surface area contributed by atoms with Crippen LogP contribution in [0.15, 0.2) is 48.7 Å². The molecule has 0 atom stereocenters. The Labute approximate surface area is 145 Å². The molecule has 2 heterocycles. The van der Waals surface area contributed by atoms with Crippen LogP contribution in [-0.4, -0.2) is 15.9 Å². The fourth-order valence-electron chi connectivity index (χ4n) is 2.29. The number of aryl methyl sites for hydroxylation is 1. The maximum Gasteiger partial charge on any atom is 0.435 e. The zero-order valence-electron chi connectivity index (χ0n) is 13.0. The number of thiazole rings is 1. The van der Waals surface area contributed by atoms with Crippen molar-refractivity contribution >= 4 is 22.9 Å². The smallest absolute Gasteiger partial charge is 0.321 e. The molecular weight excluding hydrogens is 351 g/mol. The molecule has 0 aliphatic rings. The van der Waals surface area contributed by atoms with E-state index in [-0.39, 0.29) is 5.01 Å². The second-order valence-corrected chi connectivity index (χ2v) is 6.33. The number of anilines is 1. The van der Waals surface area contributed by atoms with Crippen LogP contribution in [0.2, 0.25) is 0 Å². The van der Waals surface area contributed by atoms with Crippen molar-refractivity contribution < 1.29 is 18.0 Å². The number of nitrogens with zero attached hydrogens (tertiary/aromatic N) is 2. The lowest BCUT2D eigenvalue weighted by molar-refractivity contribution is -0.141. The topological polar surface area (TPSA) is 54.9 Å². The molecule has 128 valence electrons. The van der Waals surface area contributed by atoms with Crippen LogP contribution < -0.4 is 5.32 Å². The minimum atomic E-state index is -4.68. The normalized spacial score (nSPS) is 11.4. The molecule has 0 bridgehead atoms. The minimum absolute atomic E-state index is 0.176. The highest BCUT2D eigenvalue weighted by atomic mass is 32.1. The summed E-state index contributed by atoms with van der Waals surface area (Å²) >= 11 is 0.711. The van der Waals surface area contributed by atoms with E-state index >= 15 is 0 Å². The first kappa shape index (κ1) is 17.1. The molecule has 2 aromatic heterocycles. The van der Waals surface area contributed by atoms with E-state index in [4.69, 9.17) is 0 Å². The number of hydrogen-bond acceptors (Lipinski definition) is 4. The highest BCUT2D eigenvalue weighted by Gasteiger charge is 2.39. The molecule has 0 spiro atoms. The zero-order valence-corrected chi connectivity index (χ0v) is 13.8. The first-order valence-electron chi connectivity index (χ1n) is 7.22. The van der Waals surface area contributed by atoms with Crippen LogP contribution in [0.3, 0.4) is 0 Å². The number of amides is 1. The predicted octanol–water partition coefficient (Wildman–Crippen LogP) is 4.78. The van der Waals surface area contributed by atoms with Gasteiger partial charge in [0.15, 0.2) is 5.69 Å². The average Bonchev–Trinajstić information content (AvgIpc) is 2.99. The van der Waals surface area contributed by atoms with Gasteiger partial charge in [0.2, 0.25) is 0 Å². The Hall–Kier alpha value is -2.74. The first-order valence-corrected chi connectivity index (χ1v) is 8.04. The quantitative estimate of drug-likeness (QED) is 0.728. The molecule has 3 rings (SSSR count). The van der Waals surface area contributed by atoms with Crippen molar-refractivity contribution in [2.75, 3.05) is 5.32 Å². The van der Waals surface area contributed by atoms with Crippen LogP contribution in [0.1, 0.15) is 20.4 Å². The summed E-state index contributed by atoms with van der Waals surface area (Å²) in [4.78, 5) is 19.6. The van der Waals surface area contributed by atoms with Gasteiger partial charge in [0, 0.05) is 11.8 Å². The van der Waals surface area contributed by atoms with Crippen LogP contribution in [0.5, 0.6) is 0 Å². The van der Waals surface area contributed by atoms with Gasteiger partial charge in [0.05, 0.1) is 16.4 Å². The van der Waals surface area contributed by atoms with E-state index in [9.17, 15) is 18.0 Å². The number of carbonyl (C=O) groups excluding carboxylic acids is 1. The minimum Gasteiger partial charge on any atom is -0.321 e. The van der Waals surface area contributed by atoms with E-state index in [1.54, 1.807) is 48.7 Å². The average molecular weight is 363 g/mol. The lowest BCUT2D eigenvalue weighted by Crippen LogP contribution is -2.17. The Morgan fingerprint density at radius 1 is 1.12 bits per heavy atom. The molecule has 0 saturated carbocycles. The summed E-state index contributed by atoms with van der Waals surface area (Å²) in [5.41, 5.74) is 0.439. The fraction of sp³-hybridized carbons (Fsp3) is 0.118. The van der Waals surface area contributed by atoms with E-state index in [2.05, 4.69) is 15.3 Å². The third-order valence-electron chi connectivity index (χ3n) is 3.32. The van der Waals surface area contributed by atoms with E-state index in [0.29, 0.717) is 28.3 Å². The third kappa shape index (κ3) is 3.69. The van der Waals surface area contributed by atoms with E-state index in [1.807, 2.05) is 0 Å². The maximum absolute atomic E-state index is 13.1. The van der Waals surface area contributed by atoms with Gasteiger partial charge >= 0.3 is 6.18 Å². The Bertz CT molecular complexity index is 907. The van der Waals surface area contributed by atoms with Crippen molar-refractivity contribution in [3.8, 4) is 11.3 Å². The van der Waals surface area contributed by atoms with Gasteiger partial charge in [0.1, 0.15) is 4.88 Å². The second-order valence-electron chi connectivity index (χ2n) is 5.12. The number of hydrogen-bond donors (Lipinski definition) is 1. The van der Waals surface area contributed by atoms with Gasteiger partial charge < -0.3 is 5.32 Å². The molecule has 1 aromatic carbocycles. The Morgan fingerprint density at radius 3 is 2.52 bits per heavy atom. The van der Waals surface area contributed by atoms with Gasteiger partial charge in [-0.05, 0) is 25.1 Å². The summed E-state index contributed by atoms with van der Waals surface area (Å²) in [5, 5.41) is 2.72. The summed E-state index contributed by atoms with van der Waals surface area (Å²) < 4.78 is 39.2. The molecule has 1 N–H and O–H groups in total. The first-order chi connectivity index (χ1) is 11.9. The van der Waals surface area contributed by atoms with Gasteiger partial charge in [-0.25, -0.2) is 4.98 Å². The summed E-state index contributed by atoms with van der Waals surface area (Å²) in [7, 11) is 0. The highest BCUT2D eigenvalue weighted by molar-refractivity contribution is 7.13. The molecule has 0 aliphatic heterocycles. The van der Waals surface area contributed by atoms with Gasteiger partial charge in [-0.1, -0.05) is 24.3 Å². The molecule has 0 aliphatic carbocycles. The van der Waals surface area contributed by atoms with Crippen LogP contribution in [-0.2, 0) is 6.18 Å². The second kappa shape index (κ2) is 6.64. The number of alkyl halides is 3. The summed E-state index contributed by atoms with van der Waals surface area (Å²) in [6.07, 6.45) is -3.08. The van der Waals surface area contributed by atoms with Crippen molar-refractivity contribution in [1.29, 1.82) is 0 Å². The van der Waals surface area contributed by atoms with E-state index in [0.717, 1.165) is 0 Å². The standard InChI is InChI=1S/C17H12F3N3OS/c1-10-22-15(17(18,19)20)14(25-10)16(24)23-13-8-3-2-6-11(13)12-7-4-5-9-21-12/h2-9H,1H3,(H,23,24). The van der Waals surface area contributed by atoms with Gasteiger partial charge in [-0.15, -0.1) is 11.3 Å². The molecule has 0 fully saturated rings. The molecule has 4 nitrogen and oxygen atoms in total. The number of benzene rings is 1. The van der Waals surface area contributed by atoms with Crippen LogP contribution in [0.25, 0.3) is 11.3 Å². The number of aromatic nitrogens is 2. The summed E-state index contributed by atoms with van der Waals surface area (Å²) in [5.74, 6) is -0.846. The zero-order chi connectivity index (χ0) is 18.0. The largest absolute Gasteiger partial charge is 0.435 e. The summed E-state index contributed by atoms with van der Waals surface area (Å²) in [6, 6.07) is 12.1. The van der Waals surface area contributed by atoms with Crippen molar-refractivity contribution in [1.82, 2.24) is 9.97 Å². The Kier molecular flexibility index (Phi) is 4.54. The van der Waals surface area contributed by atoms with E-state index in [1.165, 1.54) is 6.92 Å². The van der Waals surface area contributed by atoms with Crippen LogP contribution >= 0.6 is 11.3 Å². The van der Waals surface area contributed by atoms with Crippen molar-refractivity contribution in [2.45, 2.75) is 13.1 Å². The summed E-state index contributed by atoms with van der Waals surface area (Å²) in [6.45, 7) is 1.43. The third-order valence-corrected chi connectivity index (χ3v) is 4.29. The highest BCUT2D eigenvalue weighted by Crippen LogP contribution is 2.35. The SMILES string of the molecule is Cc1nc(C(F)(F)F)c(C(=O)Nc2ccccc2-c2ccccn2)s1. The molecule has 3 aromatic rings. The molecule has 0 unspecified atom stereocenters. The predicted molar refractivity (Wildman–Crippen MR) is 89.5 cm³/mol. The van der Waals surface area contributed by atoms with Crippen molar-refractivity contribution in [3.63, 3.8) is 0 Å². The van der Waals surface area contributed by atoms with Crippen molar-refractivity contribution in [3.05, 3.63) is 64.2 Å². The molecule has 25 heavy (non-hydrogen) atoms. The Balaban J connectivity index is 1.96. The molecular formula is C17H12F3N3OS. The number of pyridine rings is 1. The number of rotatable bonds is 3. The number of nitrogens with one attached hydrogen (secondary N) is 1. The van der Waals surface area contributed by atoms with Crippen molar-refractivity contribution in [2.24, 2.45) is 0 Å². The molecule has 8 heteroatoms. The molecule has 1 amide bonds. The number of para-hydroxylation sites is 1. The van der Waals surface area contributed by atoms with Crippen LogP contribution in [0.4, 0.5) is 18.9 Å². The number of carbonyl (C=O) groups is 1. The lowest BCUT2D eigenvalue weighted by atomic mass is 10.1. The monoisotopic (exact) mass is 363 g/mol. The van der Waals surface area contributed by atoms with Gasteiger partial charge in [0.25, 0.3) is 5.91 Å². The molecule has 0 radical (unpaired) electrons. The Morgan fingerprint density at radius 2 is 1.84 bits per heavy atom. The number of halogens is 3. The van der Waals surface area contributed by atoms with Gasteiger partial charge in [-0.3, -0.25) is 9.78 Å². The lowest BCUT2D eigenvalue weighted by Gasteiger charge is -2.11. The van der Waals surface area contributed by atoms with Gasteiger partial charge in [-0.2, -0.15) is 13.2 Å². The fourth-order valence-corrected chi connectivity index (χ4v) is 3.12. The van der Waals surface area contributed by atoms with Crippen LogP contribution in [0, 0.1) is 6.92 Å². The maximum atomic E-state index is 13.1. The molecule has 0 saturated heterocycles.